The van der Waals surface area contributed by atoms with Gasteiger partial charge in [-0.1, -0.05) is 30.8 Å². The molecule has 22 heteroatoms. The molecule has 1 heterocycles. The standard InChI is InChI=1S/C58H98N10O12/c1-46(2)66-67-52-32-31-47(45-63-52)57(76)62-37-18-8-11-24-48(69)23-10-6-7-12-29-53(72)60-36-19-14-27-50(65-55(74)34-33-54(73)61-35-17-9-13-30-56(75)80-58(3,4)5)51(71)28-16-21-40-78-42-44-79-43-41-77-39-20-15-25-49(70)26-22-38-64-68-59/h31-32,45,50H,6-30,33-44H2,1-5H3,(H,60,72)(H,61,73)(H,62,76)(H,63,67)(H,65,74)/t50-/m0/s1. The van der Waals surface area contributed by atoms with Crippen LogP contribution in [0.2, 0.25) is 0 Å². The van der Waals surface area contributed by atoms with E-state index in [0.29, 0.717) is 167 Å². The molecule has 0 aromatic carbocycles. The summed E-state index contributed by atoms with van der Waals surface area (Å²) in [6, 6.07) is 2.67. The average molecular weight is 1130 g/mol. The normalized spacial score (nSPS) is 11.4. The van der Waals surface area contributed by atoms with Gasteiger partial charge in [-0.05, 0) is 142 Å². The fourth-order valence-electron chi connectivity index (χ4n) is 7.92. The Kier molecular flexibility index (Phi) is 43.2. The number of carbonyl (C=O) groups excluding carboxylic acids is 8. The van der Waals surface area contributed by atoms with Crippen LogP contribution < -0.4 is 26.7 Å². The predicted molar refractivity (Wildman–Crippen MR) is 309 cm³/mol. The molecule has 0 bridgehead atoms. The van der Waals surface area contributed by atoms with Gasteiger partial charge in [-0.2, -0.15) is 5.10 Å². The molecule has 0 fully saturated rings. The van der Waals surface area contributed by atoms with Crippen LogP contribution in [0, 0.1) is 0 Å². The van der Waals surface area contributed by atoms with Gasteiger partial charge in [0, 0.05) is 114 Å². The number of hydrogen-bond donors (Lipinski definition) is 5. The van der Waals surface area contributed by atoms with Gasteiger partial charge in [0.2, 0.25) is 17.7 Å². The lowest BCUT2D eigenvalue weighted by Gasteiger charge is -2.19. The lowest BCUT2D eigenvalue weighted by molar-refractivity contribution is -0.155. The number of amides is 4. The number of esters is 1. The zero-order chi connectivity index (χ0) is 58.9. The van der Waals surface area contributed by atoms with E-state index in [1.165, 1.54) is 6.20 Å². The van der Waals surface area contributed by atoms with E-state index in [4.69, 9.17) is 24.5 Å². The highest BCUT2D eigenvalue weighted by atomic mass is 16.6. The summed E-state index contributed by atoms with van der Waals surface area (Å²) in [5.74, 6) is -0.289. The predicted octanol–water partition coefficient (Wildman–Crippen LogP) is 9.28. The minimum Gasteiger partial charge on any atom is -0.460 e. The van der Waals surface area contributed by atoms with E-state index in [1.54, 1.807) is 12.1 Å². The third kappa shape index (κ3) is 45.0. The van der Waals surface area contributed by atoms with Gasteiger partial charge in [0.15, 0.2) is 5.78 Å². The van der Waals surface area contributed by atoms with Crippen LogP contribution in [-0.2, 0) is 52.5 Å². The van der Waals surface area contributed by atoms with Crippen LogP contribution in [-0.4, -0.2) is 135 Å². The fraction of sp³-hybridized carbons (Fsp3) is 0.759. The Bertz CT molecular complexity index is 2000. The zero-order valence-electron chi connectivity index (χ0n) is 49.1. The maximum Gasteiger partial charge on any atom is 0.306 e. The van der Waals surface area contributed by atoms with Gasteiger partial charge in [0.25, 0.3) is 5.91 Å². The summed E-state index contributed by atoms with van der Waals surface area (Å²) in [7, 11) is 0. The van der Waals surface area contributed by atoms with Crippen molar-refractivity contribution in [3.05, 3.63) is 34.3 Å². The highest BCUT2D eigenvalue weighted by Gasteiger charge is 2.21. The van der Waals surface area contributed by atoms with Crippen molar-refractivity contribution in [2.45, 2.75) is 220 Å². The van der Waals surface area contributed by atoms with Crippen molar-refractivity contribution in [2.75, 3.05) is 71.2 Å². The molecule has 452 valence electrons. The second kappa shape index (κ2) is 47.9. The van der Waals surface area contributed by atoms with Crippen molar-refractivity contribution in [1.29, 1.82) is 0 Å². The van der Waals surface area contributed by atoms with Crippen LogP contribution >= 0.6 is 0 Å². The molecule has 0 aliphatic heterocycles. The van der Waals surface area contributed by atoms with Crippen LogP contribution in [0.3, 0.4) is 0 Å². The number of carbonyl (C=O) groups is 8. The largest absolute Gasteiger partial charge is 0.460 e. The Labute approximate surface area is 475 Å². The number of nitrogens with one attached hydrogen (secondary N) is 5. The van der Waals surface area contributed by atoms with E-state index in [-0.39, 0.29) is 66.2 Å². The first kappa shape index (κ1) is 72.2. The van der Waals surface area contributed by atoms with Crippen molar-refractivity contribution in [3.8, 4) is 0 Å². The molecule has 0 unspecified atom stereocenters. The Morgan fingerprint density at radius 3 is 1.64 bits per heavy atom. The first-order valence-corrected chi connectivity index (χ1v) is 29.3. The molecule has 5 N–H and O–H groups in total. The number of nitrogens with zero attached hydrogens (tertiary/aromatic N) is 5. The van der Waals surface area contributed by atoms with E-state index in [9.17, 15) is 38.4 Å². The molecule has 0 spiro atoms. The molecule has 80 heavy (non-hydrogen) atoms. The van der Waals surface area contributed by atoms with Crippen molar-refractivity contribution in [1.82, 2.24) is 26.3 Å². The second-order valence-electron chi connectivity index (χ2n) is 21.1. The number of rotatable bonds is 52. The summed E-state index contributed by atoms with van der Waals surface area (Å²) in [4.78, 5) is 107. The molecular formula is C58H98N10O12. The second-order valence-corrected chi connectivity index (χ2v) is 21.1. The highest BCUT2D eigenvalue weighted by Crippen LogP contribution is 2.13. The number of Topliss-reactive ketones (excluding diaryl/α,β-unsaturated/α-hetero) is 3. The smallest absolute Gasteiger partial charge is 0.306 e. The molecule has 4 amide bonds. The van der Waals surface area contributed by atoms with E-state index in [0.717, 1.165) is 69.9 Å². The van der Waals surface area contributed by atoms with Crippen LogP contribution in [0.15, 0.2) is 28.5 Å². The van der Waals surface area contributed by atoms with Crippen molar-refractivity contribution < 1.29 is 57.3 Å². The van der Waals surface area contributed by atoms with Gasteiger partial charge in [-0.15, -0.1) is 0 Å². The Balaban J connectivity index is 2.32. The van der Waals surface area contributed by atoms with Crippen molar-refractivity contribution in [3.63, 3.8) is 0 Å². The van der Waals surface area contributed by atoms with E-state index in [1.807, 2.05) is 34.6 Å². The molecule has 0 saturated carbocycles. The molecular weight excluding hydrogens is 1030 g/mol. The quantitative estimate of drug-likeness (QED) is 0.00772. The van der Waals surface area contributed by atoms with Crippen LogP contribution in [0.5, 0.6) is 0 Å². The van der Waals surface area contributed by atoms with E-state index < -0.39 is 11.6 Å². The SMILES string of the molecule is CC(C)=NNc1ccc(C(=O)NCCCCCC(=O)CCCCCCC(=O)NCCCC[C@H](NC(=O)CCC(=O)NCCCCCC(=O)OC(C)(C)C)C(=O)CCCCOCCOCCOCCCCC(=O)CCCN=[N+]=[N-])cn1. The minimum atomic E-state index is -0.722. The number of ether oxygens (including phenoxy) is 4. The molecule has 1 atom stereocenters. The van der Waals surface area contributed by atoms with Crippen molar-refractivity contribution in [2.24, 2.45) is 10.2 Å². The number of unbranched alkanes of at least 4 members (excludes halogenated alkanes) is 10. The third-order valence-corrected chi connectivity index (χ3v) is 12.3. The van der Waals surface area contributed by atoms with Gasteiger partial charge in [0.1, 0.15) is 23.0 Å². The van der Waals surface area contributed by atoms with Gasteiger partial charge in [0.05, 0.1) is 38.0 Å². The molecule has 0 aliphatic rings. The van der Waals surface area contributed by atoms with Gasteiger partial charge < -0.3 is 40.2 Å². The molecule has 0 aliphatic carbocycles. The number of aromatic nitrogens is 1. The average Bonchev–Trinajstić information content (AvgIpc) is 3.42. The highest BCUT2D eigenvalue weighted by molar-refractivity contribution is 5.94. The van der Waals surface area contributed by atoms with Crippen LogP contribution in [0.1, 0.15) is 218 Å². The monoisotopic (exact) mass is 1130 g/mol. The lowest BCUT2D eigenvalue weighted by atomic mass is 10.0. The maximum absolute atomic E-state index is 13.4. The van der Waals surface area contributed by atoms with Crippen molar-refractivity contribution >= 4 is 58.5 Å². The summed E-state index contributed by atoms with van der Waals surface area (Å²) in [6.45, 7) is 13.6. The summed E-state index contributed by atoms with van der Waals surface area (Å²) in [6.07, 6.45) is 16.9. The molecule has 0 saturated heterocycles. The number of azide groups is 1. The molecule has 0 radical (unpaired) electrons. The number of anilines is 1. The topological polar surface area (TPSA) is 308 Å². The number of hydrogen-bond acceptors (Lipinski definition) is 16. The fourth-order valence-corrected chi connectivity index (χ4v) is 7.92. The lowest BCUT2D eigenvalue weighted by Crippen LogP contribution is -2.41. The Morgan fingerprint density at radius 1 is 0.562 bits per heavy atom. The molecule has 1 aromatic rings. The van der Waals surface area contributed by atoms with Gasteiger partial charge in [-0.3, -0.25) is 43.8 Å². The van der Waals surface area contributed by atoms with Gasteiger partial charge >= 0.3 is 5.97 Å². The Hall–Kier alpha value is -5.83. The number of ketones is 3. The van der Waals surface area contributed by atoms with Gasteiger partial charge in [-0.25, -0.2) is 4.98 Å². The summed E-state index contributed by atoms with van der Waals surface area (Å²) in [5, 5.41) is 19.0. The molecule has 1 rings (SSSR count). The molecule has 22 nitrogen and oxygen atoms in total. The van der Waals surface area contributed by atoms with Crippen LogP contribution in [0.4, 0.5) is 5.82 Å². The summed E-state index contributed by atoms with van der Waals surface area (Å²) < 4.78 is 22.1. The number of hydrazone groups is 1. The summed E-state index contributed by atoms with van der Waals surface area (Å²) >= 11 is 0. The number of pyridine rings is 1. The van der Waals surface area contributed by atoms with Crippen LogP contribution in [0.25, 0.3) is 10.4 Å². The first-order valence-electron chi connectivity index (χ1n) is 29.3. The Morgan fingerprint density at radius 2 is 1.06 bits per heavy atom. The van der Waals surface area contributed by atoms with E-state index >= 15 is 0 Å². The third-order valence-electron chi connectivity index (χ3n) is 12.3. The maximum atomic E-state index is 13.4. The summed E-state index contributed by atoms with van der Waals surface area (Å²) in [5.41, 5.74) is 11.9. The zero-order valence-corrected chi connectivity index (χ0v) is 49.1. The minimum absolute atomic E-state index is 0.0223. The molecule has 1 aromatic heterocycles. The van der Waals surface area contributed by atoms with E-state index in [2.05, 4.69) is 46.8 Å². The first-order chi connectivity index (χ1) is 38.5.